The summed E-state index contributed by atoms with van der Waals surface area (Å²) in [4.78, 5) is 0. The lowest BCUT2D eigenvalue weighted by Gasteiger charge is -2.18. The number of rotatable bonds is 4. The number of aliphatic hydroxyl groups is 1. The maximum Gasteiger partial charge on any atom is 0.387 e. The van der Waals surface area contributed by atoms with Crippen molar-refractivity contribution in [3.05, 3.63) is 29.8 Å². The highest BCUT2D eigenvalue weighted by atomic mass is 19.3. The van der Waals surface area contributed by atoms with Gasteiger partial charge in [0.1, 0.15) is 5.75 Å². The van der Waals surface area contributed by atoms with Crippen molar-refractivity contribution >= 4 is 0 Å². The van der Waals surface area contributed by atoms with Crippen LogP contribution in [0, 0.1) is 0 Å². The van der Waals surface area contributed by atoms with Crippen molar-refractivity contribution in [3.8, 4) is 5.75 Å². The van der Waals surface area contributed by atoms with E-state index < -0.39 is 18.8 Å². The molecule has 0 aliphatic carbocycles. The Morgan fingerprint density at radius 3 is 2.47 bits per heavy atom. The molecule has 0 aliphatic rings. The van der Waals surface area contributed by atoms with Gasteiger partial charge >= 0.3 is 6.61 Å². The van der Waals surface area contributed by atoms with Crippen molar-refractivity contribution < 1.29 is 18.6 Å². The Labute approximate surface area is 86.5 Å². The smallest absolute Gasteiger partial charge is 0.387 e. The highest BCUT2D eigenvalue weighted by molar-refractivity contribution is 5.36. The zero-order valence-corrected chi connectivity index (χ0v) is 8.23. The van der Waals surface area contributed by atoms with Crippen LogP contribution in [0.4, 0.5) is 8.78 Å². The van der Waals surface area contributed by atoms with E-state index in [2.05, 4.69) is 4.74 Å². The van der Waals surface area contributed by atoms with Crippen LogP contribution in [0.1, 0.15) is 18.5 Å². The lowest BCUT2D eigenvalue weighted by molar-refractivity contribution is -0.0509. The fourth-order valence-corrected chi connectivity index (χ4v) is 1.22. The van der Waals surface area contributed by atoms with Gasteiger partial charge in [0.25, 0.3) is 0 Å². The van der Waals surface area contributed by atoms with Gasteiger partial charge in [-0.05, 0) is 13.0 Å². The predicted octanol–water partition coefficient (Wildman–Crippen LogP) is 1.67. The average molecular weight is 217 g/mol. The molecule has 0 radical (unpaired) electrons. The minimum Gasteiger partial charge on any atom is -0.434 e. The molecule has 0 bridgehead atoms. The molecule has 15 heavy (non-hydrogen) atoms. The van der Waals surface area contributed by atoms with Crippen LogP contribution in [0.15, 0.2) is 24.3 Å². The van der Waals surface area contributed by atoms with Gasteiger partial charge in [-0.15, -0.1) is 0 Å². The average Bonchev–Trinajstić information content (AvgIpc) is 2.16. The maximum absolute atomic E-state index is 12.0. The van der Waals surface area contributed by atoms with Crippen LogP contribution in [0.3, 0.4) is 0 Å². The van der Waals surface area contributed by atoms with E-state index in [4.69, 9.17) is 5.73 Å². The first-order valence-electron chi connectivity index (χ1n) is 4.49. The molecule has 0 aliphatic heterocycles. The number of para-hydroxylation sites is 1. The molecule has 0 amide bonds. The van der Waals surface area contributed by atoms with E-state index in [1.165, 1.54) is 13.0 Å². The highest BCUT2D eigenvalue weighted by Crippen LogP contribution is 2.26. The second-order valence-corrected chi connectivity index (χ2v) is 3.18. The summed E-state index contributed by atoms with van der Waals surface area (Å²) in [5, 5.41) is 9.26. The summed E-state index contributed by atoms with van der Waals surface area (Å²) in [5.41, 5.74) is 6.01. The molecule has 1 aromatic carbocycles. The van der Waals surface area contributed by atoms with Crippen LogP contribution in [0.25, 0.3) is 0 Å². The number of benzene rings is 1. The summed E-state index contributed by atoms with van der Waals surface area (Å²) in [6, 6.07) is 5.42. The van der Waals surface area contributed by atoms with Crippen molar-refractivity contribution in [3.63, 3.8) is 0 Å². The fourth-order valence-electron chi connectivity index (χ4n) is 1.22. The molecular weight excluding hydrogens is 204 g/mol. The fraction of sp³-hybridized carbons (Fsp3) is 0.400. The van der Waals surface area contributed by atoms with Crippen molar-refractivity contribution in [2.45, 2.75) is 25.7 Å². The van der Waals surface area contributed by atoms with Gasteiger partial charge in [0.2, 0.25) is 0 Å². The molecule has 0 aromatic heterocycles. The maximum atomic E-state index is 12.0. The summed E-state index contributed by atoms with van der Waals surface area (Å²) < 4.78 is 28.4. The first kappa shape index (κ1) is 11.9. The molecular formula is C10H13F2NO2. The van der Waals surface area contributed by atoms with Gasteiger partial charge in [-0.25, -0.2) is 0 Å². The summed E-state index contributed by atoms with van der Waals surface area (Å²) in [6.07, 6.45) is -0.826. The molecule has 5 heteroatoms. The van der Waals surface area contributed by atoms with E-state index in [-0.39, 0.29) is 5.75 Å². The molecule has 3 N–H and O–H groups in total. The monoisotopic (exact) mass is 217 g/mol. The Kier molecular flexibility index (Phi) is 3.99. The number of alkyl halides is 2. The normalized spacial score (nSPS) is 15.1. The van der Waals surface area contributed by atoms with Gasteiger partial charge in [-0.1, -0.05) is 18.2 Å². The van der Waals surface area contributed by atoms with E-state index in [0.717, 1.165) is 0 Å². The standard InChI is InChI=1S/C10H13F2NO2/c1-6(14)9(13)7-4-2-3-5-8(7)15-10(11)12/h2-6,9-10,14H,13H2,1H3/t6-,9-/m0/s1. The van der Waals surface area contributed by atoms with Crippen molar-refractivity contribution in [1.82, 2.24) is 0 Å². The van der Waals surface area contributed by atoms with Crippen LogP contribution in [-0.4, -0.2) is 17.8 Å². The van der Waals surface area contributed by atoms with Crippen molar-refractivity contribution in [2.75, 3.05) is 0 Å². The van der Waals surface area contributed by atoms with E-state index in [9.17, 15) is 13.9 Å². The summed E-state index contributed by atoms with van der Waals surface area (Å²) in [5.74, 6) is 0.000833. The third-order valence-electron chi connectivity index (χ3n) is 2.01. The quantitative estimate of drug-likeness (QED) is 0.806. The zero-order chi connectivity index (χ0) is 11.4. The SMILES string of the molecule is C[C@H](O)[C@H](N)c1ccccc1OC(F)F. The summed E-state index contributed by atoms with van der Waals surface area (Å²) in [7, 11) is 0. The summed E-state index contributed by atoms with van der Waals surface area (Å²) in [6.45, 7) is -1.41. The molecule has 0 heterocycles. The Balaban J connectivity index is 2.95. The molecule has 0 spiro atoms. The number of hydrogen-bond acceptors (Lipinski definition) is 3. The molecule has 1 aromatic rings. The molecule has 0 fully saturated rings. The van der Waals surface area contributed by atoms with Crippen LogP contribution in [0.2, 0.25) is 0 Å². The number of aliphatic hydroxyl groups excluding tert-OH is 1. The van der Waals surface area contributed by atoms with Gasteiger partial charge in [0, 0.05) is 5.56 Å². The number of nitrogens with two attached hydrogens (primary N) is 1. The van der Waals surface area contributed by atoms with Gasteiger partial charge < -0.3 is 15.6 Å². The zero-order valence-electron chi connectivity index (χ0n) is 8.23. The first-order valence-corrected chi connectivity index (χ1v) is 4.49. The molecule has 0 saturated heterocycles. The molecule has 0 saturated carbocycles. The first-order chi connectivity index (χ1) is 7.02. The molecule has 84 valence electrons. The minimum atomic E-state index is -2.90. The third-order valence-corrected chi connectivity index (χ3v) is 2.01. The van der Waals surface area contributed by atoms with E-state index in [0.29, 0.717) is 5.56 Å². The molecule has 1 rings (SSSR count). The van der Waals surface area contributed by atoms with Crippen LogP contribution < -0.4 is 10.5 Å². The van der Waals surface area contributed by atoms with Gasteiger partial charge in [-0.3, -0.25) is 0 Å². The van der Waals surface area contributed by atoms with Gasteiger partial charge in [0.15, 0.2) is 0 Å². The molecule has 3 nitrogen and oxygen atoms in total. The largest absolute Gasteiger partial charge is 0.434 e. The second kappa shape index (κ2) is 5.04. The van der Waals surface area contributed by atoms with E-state index in [1.807, 2.05) is 0 Å². The predicted molar refractivity (Wildman–Crippen MR) is 51.7 cm³/mol. The Bertz CT molecular complexity index is 318. The topological polar surface area (TPSA) is 55.5 Å². The van der Waals surface area contributed by atoms with Crippen molar-refractivity contribution in [2.24, 2.45) is 5.73 Å². The number of halogens is 2. The summed E-state index contributed by atoms with van der Waals surface area (Å²) >= 11 is 0. The Morgan fingerprint density at radius 1 is 1.33 bits per heavy atom. The molecule has 0 unspecified atom stereocenters. The Morgan fingerprint density at radius 2 is 1.93 bits per heavy atom. The lowest BCUT2D eigenvalue weighted by atomic mass is 10.0. The molecule has 2 atom stereocenters. The van der Waals surface area contributed by atoms with Crippen LogP contribution in [-0.2, 0) is 0 Å². The lowest BCUT2D eigenvalue weighted by Crippen LogP contribution is -2.24. The van der Waals surface area contributed by atoms with Crippen molar-refractivity contribution in [1.29, 1.82) is 0 Å². The Hall–Kier alpha value is -1.20. The third kappa shape index (κ3) is 3.14. The van der Waals surface area contributed by atoms with Crippen LogP contribution >= 0.6 is 0 Å². The van der Waals surface area contributed by atoms with E-state index >= 15 is 0 Å². The van der Waals surface area contributed by atoms with Gasteiger partial charge in [-0.2, -0.15) is 8.78 Å². The minimum absolute atomic E-state index is 0.000833. The highest BCUT2D eigenvalue weighted by Gasteiger charge is 2.18. The van der Waals surface area contributed by atoms with E-state index in [1.54, 1.807) is 18.2 Å². The van der Waals surface area contributed by atoms with Gasteiger partial charge in [0.05, 0.1) is 12.1 Å². The number of ether oxygens (including phenoxy) is 1. The number of hydrogen-bond donors (Lipinski definition) is 2. The van der Waals surface area contributed by atoms with Crippen LogP contribution in [0.5, 0.6) is 5.75 Å². The second-order valence-electron chi connectivity index (χ2n) is 3.18.